The predicted molar refractivity (Wildman–Crippen MR) is 82.0 cm³/mol. The molecule has 1 aromatic heterocycles. The number of nitrogens with one attached hydrogen (secondary N) is 2. The second-order valence-corrected chi connectivity index (χ2v) is 4.38. The monoisotopic (exact) mass is 284 g/mol. The van der Waals surface area contributed by atoms with Gasteiger partial charge in [-0.15, -0.1) is 0 Å². The summed E-state index contributed by atoms with van der Waals surface area (Å²) in [5, 5.41) is 5.42. The molecule has 0 unspecified atom stereocenters. The summed E-state index contributed by atoms with van der Waals surface area (Å²) in [5.74, 6) is -0.487. The third kappa shape index (κ3) is 3.79. The number of benzene rings is 1. The zero-order valence-corrected chi connectivity index (χ0v) is 11.6. The molecule has 0 atom stereocenters. The number of hydrogen-bond donors (Lipinski definition) is 3. The molecular weight excluding hydrogens is 268 g/mol. The highest BCUT2D eigenvalue weighted by Gasteiger charge is 2.11. The summed E-state index contributed by atoms with van der Waals surface area (Å²) in [5.41, 5.74) is 7.36. The lowest BCUT2D eigenvalue weighted by Crippen LogP contribution is -2.16. The smallest absolute Gasteiger partial charge is 0.276 e. The van der Waals surface area contributed by atoms with Gasteiger partial charge in [-0.25, -0.2) is 4.98 Å². The number of amides is 2. The molecule has 2 amide bonds. The Kier molecular flexibility index (Phi) is 4.50. The Hall–Kier alpha value is -2.89. The lowest BCUT2D eigenvalue weighted by molar-refractivity contribution is -0.115. The Labute approximate surface area is 122 Å². The van der Waals surface area contributed by atoms with Crippen LogP contribution in [0.2, 0.25) is 0 Å². The number of nitrogens with zero attached hydrogens (tertiary/aromatic N) is 1. The van der Waals surface area contributed by atoms with Crippen LogP contribution in [-0.4, -0.2) is 16.8 Å². The van der Waals surface area contributed by atoms with Crippen molar-refractivity contribution >= 4 is 28.9 Å². The summed E-state index contributed by atoms with van der Waals surface area (Å²) in [6.07, 6.45) is 1.89. The van der Waals surface area contributed by atoms with Gasteiger partial charge in [0, 0.05) is 24.0 Å². The average Bonchev–Trinajstić information content (AvgIpc) is 2.47. The van der Waals surface area contributed by atoms with Crippen molar-refractivity contribution in [2.75, 3.05) is 16.4 Å². The van der Waals surface area contributed by atoms with Crippen LogP contribution >= 0.6 is 0 Å². The summed E-state index contributed by atoms with van der Waals surface area (Å²) < 4.78 is 0. The Morgan fingerprint density at radius 3 is 2.52 bits per heavy atom. The van der Waals surface area contributed by atoms with Crippen molar-refractivity contribution in [3.05, 3.63) is 48.3 Å². The molecule has 0 aliphatic heterocycles. The van der Waals surface area contributed by atoms with Gasteiger partial charge in [0.25, 0.3) is 5.91 Å². The zero-order chi connectivity index (χ0) is 15.2. The molecule has 21 heavy (non-hydrogen) atoms. The molecule has 108 valence electrons. The first-order valence-corrected chi connectivity index (χ1v) is 6.52. The van der Waals surface area contributed by atoms with E-state index in [-0.39, 0.29) is 11.6 Å². The molecule has 0 saturated carbocycles. The first-order valence-electron chi connectivity index (χ1n) is 6.52. The number of rotatable bonds is 4. The first-order chi connectivity index (χ1) is 10.1. The third-order valence-corrected chi connectivity index (χ3v) is 2.78. The van der Waals surface area contributed by atoms with Crippen LogP contribution in [0.3, 0.4) is 0 Å². The van der Waals surface area contributed by atoms with Gasteiger partial charge in [0.05, 0.1) is 5.69 Å². The second kappa shape index (κ2) is 6.51. The maximum Gasteiger partial charge on any atom is 0.276 e. The summed E-state index contributed by atoms with van der Waals surface area (Å²) in [6.45, 7) is 1.77. The summed E-state index contributed by atoms with van der Waals surface area (Å²) in [6, 6.07) is 10.1. The quantitative estimate of drug-likeness (QED) is 0.802. The first kappa shape index (κ1) is 14.5. The molecule has 4 N–H and O–H groups in total. The van der Waals surface area contributed by atoms with Crippen LogP contribution < -0.4 is 16.4 Å². The van der Waals surface area contributed by atoms with Crippen LogP contribution in [0.1, 0.15) is 23.8 Å². The molecular formula is C15H16N4O2. The van der Waals surface area contributed by atoms with Gasteiger partial charge in [0.1, 0.15) is 0 Å². The molecule has 1 heterocycles. The number of aromatic nitrogens is 1. The van der Waals surface area contributed by atoms with Gasteiger partial charge >= 0.3 is 0 Å². The summed E-state index contributed by atoms with van der Waals surface area (Å²) in [7, 11) is 0. The van der Waals surface area contributed by atoms with E-state index in [1.54, 1.807) is 43.3 Å². The molecule has 1 aromatic carbocycles. The van der Waals surface area contributed by atoms with E-state index in [0.717, 1.165) is 0 Å². The van der Waals surface area contributed by atoms with E-state index in [1.165, 1.54) is 6.20 Å². The number of carbonyl (C=O) groups excluding carboxylic acids is 2. The van der Waals surface area contributed by atoms with Crippen molar-refractivity contribution in [3.63, 3.8) is 0 Å². The highest BCUT2D eigenvalue weighted by Crippen LogP contribution is 2.17. The number of nitrogens with two attached hydrogens (primary N) is 1. The highest BCUT2D eigenvalue weighted by molar-refractivity contribution is 6.06. The predicted octanol–water partition coefficient (Wildman–Crippen LogP) is 2.26. The Morgan fingerprint density at radius 1 is 1.14 bits per heavy atom. The maximum absolute atomic E-state index is 12.1. The standard InChI is InChI=1S/C15H16N4O2/c1-2-13(20)18-10-5-3-6-11(9-10)19-15(21)14-12(16)7-4-8-17-14/h3-9H,2,16H2,1H3,(H,18,20)(H,19,21). The van der Waals surface area contributed by atoms with Gasteiger partial charge in [-0.3, -0.25) is 9.59 Å². The minimum absolute atomic E-state index is 0.0903. The van der Waals surface area contributed by atoms with E-state index in [4.69, 9.17) is 5.73 Å². The topological polar surface area (TPSA) is 97.1 Å². The summed E-state index contributed by atoms with van der Waals surface area (Å²) >= 11 is 0. The molecule has 6 heteroatoms. The molecule has 2 aromatic rings. The third-order valence-electron chi connectivity index (χ3n) is 2.78. The second-order valence-electron chi connectivity index (χ2n) is 4.38. The SMILES string of the molecule is CCC(=O)Nc1cccc(NC(=O)c2ncccc2N)c1. The fourth-order valence-electron chi connectivity index (χ4n) is 1.72. The fraction of sp³-hybridized carbons (Fsp3) is 0.133. The van der Waals surface area contributed by atoms with Crippen LogP contribution in [0, 0.1) is 0 Å². The molecule has 0 radical (unpaired) electrons. The van der Waals surface area contributed by atoms with Crippen LogP contribution in [0.25, 0.3) is 0 Å². The van der Waals surface area contributed by atoms with Gasteiger partial charge < -0.3 is 16.4 Å². The largest absolute Gasteiger partial charge is 0.397 e. The van der Waals surface area contributed by atoms with Crippen molar-refractivity contribution in [1.29, 1.82) is 0 Å². The number of anilines is 3. The van der Waals surface area contributed by atoms with Crippen molar-refractivity contribution in [1.82, 2.24) is 4.98 Å². The number of hydrogen-bond acceptors (Lipinski definition) is 4. The van der Waals surface area contributed by atoms with Gasteiger partial charge in [-0.05, 0) is 30.3 Å². The molecule has 0 spiro atoms. The average molecular weight is 284 g/mol. The van der Waals surface area contributed by atoms with Crippen molar-refractivity contribution in [2.24, 2.45) is 0 Å². The number of pyridine rings is 1. The lowest BCUT2D eigenvalue weighted by atomic mass is 10.2. The van der Waals surface area contributed by atoms with E-state index in [0.29, 0.717) is 23.5 Å². The minimum Gasteiger partial charge on any atom is -0.397 e. The van der Waals surface area contributed by atoms with Crippen LogP contribution in [-0.2, 0) is 4.79 Å². The lowest BCUT2D eigenvalue weighted by Gasteiger charge is -2.09. The Bertz CT molecular complexity index is 670. The van der Waals surface area contributed by atoms with Crippen LogP contribution in [0.5, 0.6) is 0 Å². The Balaban J connectivity index is 2.13. The van der Waals surface area contributed by atoms with Gasteiger partial charge in [0.2, 0.25) is 5.91 Å². The fourth-order valence-corrected chi connectivity index (χ4v) is 1.72. The Morgan fingerprint density at radius 2 is 1.86 bits per heavy atom. The van der Waals surface area contributed by atoms with Crippen molar-refractivity contribution < 1.29 is 9.59 Å². The van der Waals surface area contributed by atoms with E-state index >= 15 is 0 Å². The van der Waals surface area contributed by atoms with Crippen molar-refractivity contribution in [2.45, 2.75) is 13.3 Å². The molecule has 0 aliphatic rings. The molecule has 0 aliphatic carbocycles. The van der Waals surface area contributed by atoms with E-state index in [9.17, 15) is 9.59 Å². The van der Waals surface area contributed by atoms with Crippen LogP contribution in [0.15, 0.2) is 42.6 Å². The number of carbonyl (C=O) groups is 2. The van der Waals surface area contributed by atoms with Gasteiger partial charge in [-0.1, -0.05) is 13.0 Å². The molecule has 0 bridgehead atoms. The molecule has 6 nitrogen and oxygen atoms in total. The summed E-state index contributed by atoms with van der Waals surface area (Å²) in [4.78, 5) is 27.4. The van der Waals surface area contributed by atoms with Crippen LogP contribution in [0.4, 0.5) is 17.1 Å². The molecule has 2 rings (SSSR count). The normalized spacial score (nSPS) is 9.95. The van der Waals surface area contributed by atoms with E-state index in [1.807, 2.05) is 0 Å². The molecule has 0 fully saturated rings. The van der Waals surface area contributed by atoms with E-state index < -0.39 is 5.91 Å². The highest BCUT2D eigenvalue weighted by atomic mass is 16.2. The minimum atomic E-state index is -0.396. The number of nitrogen functional groups attached to an aromatic ring is 1. The van der Waals surface area contributed by atoms with Crippen molar-refractivity contribution in [3.8, 4) is 0 Å². The maximum atomic E-state index is 12.1. The molecule has 0 saturated heterocycles. The zero-order valence-electron chi connectivity index (χ0n) is 11.6. The van der Waals surface area contributed by atoms with Gasteiger partial charge in [0.15, 0.2) is 5.69 Å². The van der Waals surface area contributed by atoms with E-state index in [2.05, 4.69) is 15.6 Å². The van der Waals surface area contributed by atoms with Gasteiger partial charge in [-0.2, -0.15) is 0 Å².